The minimum Gasteiger partial charge on any atom is -0.455 e. The number of anilines is 6. The third-order valence-electron chi connectivity index (χ3n) is 16.4. The van der Waals surface area contributed by atoms with Crippen molar-refractivity contribution in [2.24, 2.45) is 0 Å². The monoisotopic (exact) mass is 978 g/mol. The Labute approximate surface area is 444 Å². The molecule has 0 fully saturated rings. The van der Waals surface area contributed by atoms with Crippen molar-refractivity contribution < 1.29 is 4.42 Å². The lowest BCUT2D eigenvalue weighted by atomic mass is 9.33. The molecule has 8 aromatic carbocycles. The smallest absolute Gasteiger partial charge is 0.252 e. The maximum atomic E-state index is 6.52. The zero-order chi connectivity index (χ0) is 52.8. The molecule has 4 nitrogen and oxygen atoms in total. The Bertz CT molecular complexity index is 4120. The maximum Gasteiger partial charge on any atom is 0.252 e. The third kappa shape index (κ3) is 7.48. The second kappa shape index (κ2) is 16.9. The Balaban J connectivity index is 1.21. The normalized spacial score (nSPS) is 13.9. The molecular weight excluding hydrogens is 910 g/mol. The average molecular weight is 978 g/mol. The molecule has 5 heteroatoms. The Morgan fingerprint density at radius 3 is 1.69 bits per heavy atom. The Morgan fingerprint density at radius 1 is 0.493 bits per heavy atom. The van der Waals surface area contributed by atoms with Gasteiger partial charge in [0, 0.05) is 55.4 Å². The van der Waals surface area contributed by atoms with Gasteiger partial charge < -0.3 is 18.8 Å². The number of furan rings is 1. The second-order valence-electron chi connectivity index (χ2n) is 24.6. The molecule has 0 aliphatic carbocycles. The highest BCUT2D eigenvalue weighted by Gasteiger charge is 2.45. The molecule has 12 rings (SSSR count). The molecule has 372 valence electrons. The van der Waals surface area contributed by atoms with Gasteiger partial charge in [0.05, 0.1) is 22.4 Å². The van der Waals surface area contributed by atoms with Crippen LogP contribution in [0, 0.1) is 27.7 Å². The first-order valence-corrected chi connectivity index (χ1v) is 26.8. The maximum absolute atomic E-state index is 6.52. The molecule has 0 radical (unpaired) electrons. The van der Waals surface area contributed by atoms with Crippen molar-refractivity contribution in [3.05, 3.63) is 213 Å². The van der Waals surface area contributed by atoms with Gasteiger partial charge >= 0.3 is 0 Å². The Hall–Kier alpha value is -7.76. The zero-order valence-electron chi connectivity index (χ0n) is 46.2. The number of rotatable bonds is 5. The fourth-order valence-electron chi connectivity index (χ4n) is 12.5. The number of nitrogens with zero attached hydrogens (tertiary/aromatic N) is 3. The van der Waals surface area contributed by atoms with Crippen LogP contribution < -0.4 is 36.8 Å². The van der Waals surface area contributed by atoms with Gasteiger partial charge in [-0.2, -0.15) is 0 Å². The van der Waals surface area contributed by atoms with E-state index in [9.17, 15) is 0 Å². The minimum absolute atomic E-state index is 0.00176. The molecule has 10 aromatic rings. The lowest BCUT2D eigenvalue weighted by molar-refractivity contribution is 0.573. The van der Waals surface area contributed by atoms with Crippen LogP contribution in [0.15, 0.2) is 163 Å². The van der Waals surface area contributed by atoms with Gasteiger partial charge in [-0.25, -0.2) is 0 Å². The topological polar surface area (TPSA) is 24.6 Å². The Kier molecular flexibility index (Phi) is 10.8. The van der Waals surface area contributed by atoms with Gasteiger partial charge in [-0.1, -0.05) is 179 Å². The number of fused-ring (bicyclic) bond motifs is 8. The fourth-order valence-corrected chi connectivity index (χ4v) is 12.5. The van der Waals surface area contributed by atoms with Crippen molar-refractivity contribution in [1.82, 2.24) is 4.57 Å². The molecule has 0 saturated heterocycles. The van der Waals surface area contributed by atoms with Crippen molar-refractivity contribution >= 4 is 102 Å². The van der Waals surface area contributed by atoms with Crippen molar-refractivity contribution in [1.29, 1.82) is 0 Å². The molecule has 0 amide bonds. The van der Waals surface area contributed by atoms with Crippen LogP contribution in [-0.2, 0) is 16.2 Å². The molecule has 2 aromatic heterocycles. The van der Waals surface area contributed by atoms with E-state index >= 15 is 0 Å². The summed E-state index contributed by atoms with van der Waals surface area (Å²) in [4.78, 5) is 5.23. The van der Waals surface area contributed by atoms with Crippen LogP contribution in [0.3, 0.4) is 0 Å². The molecular formula is C70H68BN3O. The van der Waals surface area contributed by atoms with E-state index in [1.54, 1.807) is 0 Å². The lowest BCUT2D eigenvalue weighted by Crippen LogP contribution is -2.61. The predicted molar refractivity (Wildman–Crippen MR) is 324 cm³/mol. The van der Waals surface area contributed by atoms with Crippen molar-refractivity contribution in [2.45, 2.75) is 106 Å². The lowest BCUT2D eigenvalue weighted by Gasteiger charge is -2.46. The summed E-state index contributed by atoms with van der Waals surface area (Å²) in [6, 6.07) is 55.2. The molecule has 0 bridgehead atoms. The van der Waals surface area contributed by atoms with E-state index in [1.165, 1.54) is 111 Å². The summed E-state index contributed by atoms with van der Waals surface area (Å²) in [7, 11) is 0. The number of aromatic nitrogens is 1. The molecule has 75 heavy (non-hydrogen) atoms. The van der Waals surface area contributed by atoms with E-state index in [1.807, 2.05) is 24.3 Å². The second-order valence-corrected chi connectivity index (χ2v) is 24.6. The van der Waals surface area contributed by atoms with Gasteiger partial charge in [-0.15, -0.1) is 0 Å². The zero-order valence-corrected chi connectivity index (χ0v) is 46.2. The van der Waals surface area contributed by atoms with Gasteiger partial charge in [0.2, 0.25) is 0 Å². The first kappa shape index (κ1) is 48.2. The van der Waals surface area contributed by atoms with Crippen LogP contribution in [0.1, 0.15) is 107 Å². The van der Waals surface area contributed by atoms with Gasteiger partial charge in [-0.05, 0) is 153 Å². The van der Waals surface area contributed by atoms with Crippen molar-refractivity contribution in [2.75, 3.05) is 9.80 Å². The Morgan fingerprint density at radius 2 is 1.07 bits per heavy atom. The highest BCUT2D eigenvalue weighted by molar-refractivity contribution is 7.00. The number of aryl methyl sites for hydroxylation is 4. The highest BCUT2D eigenvalue weighted by Crippen LogP contribution is 2.50. The first-order chi connectivity index (χ1) is 35.6. The third-order valence-corrected chi connectivity index (χ3v) is 16.4. The predicted octanol–water partition coefficient (Wildman–Crippen LogP) is 15.5. The number of allylic oxidation sites excluding steroid dienone is 1. The van der Waals surface area contributed by atoms with Crippen LogP contribution >= 0.6 is 0 Å². The largest absolute Gasteiger partial charge is 0.455 e. The summed E-state index contributed by atoms with van der Waals surface area (Å²) >= 11 is 0. The van der Waals surface area contributed by atoms with E-state index in [0.29, 0.717) is 0 Å². The molecule has 4 heterocycles. The van der Waals surface area contributed by atoms with Crippen LogP contribution in [-0.4, -0.2) is 11.3 Å². The first-order valence-electron chi connectivity index (χ1n) is 26.8. The highest BCUT2D eigenvalue weighted by atomic mass is 16.3. The van der Waals surface area contributed by atoms with E-state index in [4.69, 9.17) is 4.42 Å². The number of hydrogen-bond donors (Lipinski definition) is 0. The van der Waals surface area contributed by atoms with E-state index in [2.05, 4.69) is 245 Å². The van der Waals surface area contributed by atoms with Gasteiger partial charge in [0.25, 0.3) is 6.71 Å². The van der Waals surface area contributed by atoms with Crippen LogP contribution in [0.4, 0.5) is 34.1 Å². The van der Waals surface area contributed by atoms with Gasteiger partial charge in [0.15, 0.2) is 0 Å². The van der Waals surface area contributed by atoms with Crippen molar-refractivity contribution in [3.8, 4) is 5.69 Å². The van der Waals surface area contributed by atoms with E-state index < -0.39 is 0 Å². The summed E-state index contributed by atoms with van der Waals surface area (Å²) in [5, 5.41) is 4.37. The summed E-state index contributed by atoms with van der Waals surface area (Å²) < 4.78 is 9.04. The number of benzene rings is 8. The van der Waals surface area contributed by atoms with Gasteiger partial charge in [-0.3, -0.25) is 0 Å². The number of hydrogen-bond acceptors (Lipinski definition) is 3. The molecule has 2 aliphatic rings. The summed E-state index contributed by atoms with van der Waals surface area (Å²) in [5.74, 6) is 0. The molecule has 0 atom stereocenters. The summed E-state index contributed by atoms with van der Waals surface area (Å²) in [5.41, 5.74) is 26.9. The standard InChI is InChI=1S/C70H68BN3O/c1-16-51(67-45(6)52-24-18-20-27-63(52)75-67)46-28-31-50(32-29-46)72-60-40-58-54(53-25-17-19-26-57(53)73(58)65-41(2)22-21-23-42(65)3)39-56(60)71-55-33-30-47(68(7,8)9)36-59(55)74(62-38-49(70(13,14)15)37-61(72)64(62)71)66-43(4)34-48(35-44(66)5)69(10,11)12/h16-40H,1,6H2,2-5,7-15H3/b67-51-. The van der Waals surface area contributed by atoms with Crippen LogP contribution in [0.2, 0.25) is 0 Å². The van der Waals surface area contributed by atoms with Crippen LogP contribution in [0.25, 0.3) is 50.6 Å². The van der Waals surface area contributed by atoms with Crippen LogP contribution in [0.5, 0.6) is 0 Å². The van der Waals surface area contributed by atoms with Crippen molar-refractivity contribution in [3.63, 3.8) is 0 Å². The fraction of sp³-hybridized carbons (Fsp3) is 0.229. The van der Waals surface area contributed by atoms with Gasteiger partial charge in [0.1, 0.15) is 11.0 Å². The molecule has 2 aliphatic heterocycles. The molecule has 0 unspecified atom stereocenters. The average Bonchev–Trinajstić information content (AvgIpc) is 3.94. The summed E-state index contributed by atoms with van der Waals surface area (Å²) in [6.45, 7) is 38.9. The van der Waals surface area contributed by atoms with E-state index in [0.717, 1.165) is 38.4 Å². The SMILES string of the molecule is C=C/C(c1ccc(N2c3cc4c(cc3B3c5ccc(C(C)(C)C)cc5N(c5c(C)cc(C(C)(C)C)cc5C)c5cc(C(C)(C)C)cc2c53)c2ccccc2n4-c2c(C)cccc2C)cc1)=c1/oc2ccccc2c1=C. The molecule has 0 saturated carbocycles. The molecule has 0 spiro atoms. The molecule has 0 N–H and O–H groups in total. The summed E-state index contributed by atoms with van der Waals surface area (Å²) in [6.07, 6.45) is 1.91. The minimum atomic E-state index is -0.179. The van der Waals surface area contributed by atoms with E-state index in [-0.39, 0.29) is 23.0 Å². The number of para-hydroxylation sites is 3. The quantitative estimate of drug-likeness (QED) is 0.161.